The van der Waals surface area contributed by atoms with Crippen LogP contribution in [0.25, 0.3) is 0 Å². The van der Waals surface area contributed by atoms with Crippen LogP contribution in [0.5, 0.6) is 0 Å². The Balaban J connectivity index is 1.64. The van der Waals surface area contributed by atoms with Crippen LogP contribution in [-0.2, 0) is 14.4 Å². The van der Waals surface area contributed by atoms with Gasteiger partial charge in [0.1, 0.15) is 0 Å². The van der Waals surface area contributed by atoms with Gasteiger partial charge in [0.15, 0.2) is 0 Å². The average molecular weight is 752 g/mol. The highest BCUT2D eigenvalue weighted by molar-refractivity contribution is 5.92. The maximum Gasteiger partial charge on any atom is 0.224 e. The van der Waals surface area contributed by atoms with E-state index >= 15 is 0 Å². The van der Waals surface area contributed by atoms with Crippen LogP contribution in [0.4, 0.5) is 17.1 Å². The normalized spacial score (nSPS) is 11.1. The first-order chi connectivity index (χ1) is 26.9. The van der Waals surface area contributed by atoms with Gasteiger partial charge >= 0.3 is 0 Å². The lowest BCUT2D eigenvalue weighted by molar-refractivity contribution is -0.117. The standard InChI is InChI=1S/C49H73N3O3/c1-4-7-10-13-16-19-22-25-46(53)50-43-34-28-40(29-35-43)49(41-30-36-44(37-31-41)51-47(54)26-23-20-17-14-11-8-5-2)42-32-38-45(39-33-42)52-48(55)27-24-21-18-15-12-9-6-3/h28-39,49H,4-27H2,1-3H3,(H,50,53)(H,51,54)(H,52,55). The van der Waals surface area contributed by atoms with E-state index in [1.54, 1.807) is 0 Å². The van der Waals surface area contributed by atoms with E-state index in [2.05, 4.69) is 73.1 Å². The van der Waals surface area contributed by atoms with Crippen LogP contribution < -0.4 is 16.0 Å². The second-order valence-electron chi connectivity index (χ2n) is 15.6. The molecule has 302 valence electrons. The molecule has 0 atom stereocenters. The molecule has 3 amide bonds. The smallest absolute Gasteiger partial charge is 0.224 e. The van der Waals surface area contributed by atoms with Crippen molar-refractivity contribution in [2.24, 2.45) is 0 Å². The Labute approximate surface area is 334 Å². The minimum absolute atomic E-state index is 0.0621. The van der Waals surface area contributed by atoms with Gasteiger partial charge in [-0.1, -0.05) is 173 Å². The molecule has 3 aromatic rings. The molecule has 0 aliphatic heterocycles. The number of unbranched alkanes of at least 4 members (excludes halogenated alkanes) is 18. The van der Waals surface area contributed by atoms with E-state index in [9.17, 15) is 14.4 Å². The second kappa shape index (κ2) is 28.5. The highest BCUT2D eigenvalue weighted by Crippen LogP contribution is 2.34. The van der Waals surface area contributed by atoms with Gasteiger partial charge in [0.05, 0.1) is 0 Å². The van der Waals surface area contributed by atoms with Crippen LogP contribution in [0.2, 0.25) is 0 Å². The first kappa shape index (κ1) is 45.5. The Kier molecular flexibility index (Phi) is 23.5. The fourth-order valence-electron chi connectivity index (χ4n) is 7.25. The van der Waals surface area contributed by atoms with Crippen molar-refractivity contribution in [2.45, 2.75) is 181 Å². The predicted molar refractivity (Wildman–Crippen MR) is 234 cm³/mol. The number of nitrogens with one attached hydrogen (secondary N) is 3. The van der Waals surface area contributed by atoms with E-state index in [1.165, 1.54) is 96.3 Å². The first-order valence-corrected chi connectivity index (χ1v) is 22.1. The molecule has 0 fully saturated rings. The van der Waals surface area contributed by atoms with E-state index in [4.69, 9.17) is 0 Å². The van der Waals surface area contributed by atoms with Crippen LogP contribution in [-0.4, -0.2) is 17.7 Å². The maximum absolute atomic E-state index is 12.7. The monoisotopic (exact) mass is 752 g/mol. The summed E-state index contributed by atoms with van der Waals surface area (Å²) in [5.74, 6) is 0.110. The van der Waals surface area contributed by atoms with Gasteiger partial charge < -0.3 is 16.0 Å². The Morgan fingerprint density at radius 1 is 0.345 bits per heavy atom. The number of hydrogen-bond donors (Lipinski definition) is 3. The van der Waals surface area contributed by atoms with Crippen molar-refractivity contribution in [1.29, 1.82) is 0 Å². The number of rotatable bonds is 30. The van der Waals surface area contributed by atoms with Crippen molar-refractivity contribution in [2.75, 3.05) is 16.0 Å². The number of amides is 3. The summed E-state index contributed by atoms with van der Waals surface area (Å²) in [5, 5.41) is 9.27. The van der Waals surface area contributed by atoms with Crippen molar-refractivity contribution >= 4 is 34.8 Å². The van der Waals surface area contributed by atoms with Crippen molar-refractivity contribution in [3.05, 3.63) is 89.5 Å². The SMILES string of the molecule is CCCCCCCCCC(=O)Nc1ccc(C(c2ccc(NC(=O)CCCCCCCCC)cc2)c2ccc(NC(=O)CCCCCCCCC)cc2)cc1. The third-order valence-corrected chi connectivity index (χ3v) is 10.6. The van der Waals surface area contributed by atoms with Crippen LogP contribution >= 0.6 is 0 Å². The summed E-state index contributed by atoms with van der Waals surface area (Å²) < 4.78 is 0. The number of carbonyl (C=O) groups is 3. The molecule has 3 rings (SSSR count). The summed E-state index contributed by atoms with van der Waals surface area (Å²) in [6.45, 7) is 6.69. The topological polar surface area (TPSA) is 87.3 Å². The summed E-state index contributed by atoms with van der Waals surface area (Å²) in [4.78, 5) is 38.1. The van der Waals surface area contributed by atoms with E-state index in [0.29, 0.717) is 19.3 Å². The molecule has 0 bridgehead atoms. The predicted octanol–water partition coefficient (Wildman–Crippen LogP) is 14.1. The van der Waals surface area contributed by atoms with Crippen LogP contribution in [0.3, 0.4) is 0 Å². The van der Waals surface area contributed by atoms with Crippen LogP contribution in [0.1, 0.15) is 197 Å². The third-order valence-electron chi connectivity index (χ3n) is 10.6. The molecule has 0 saturated carbocycles. The van der Waals surface area contributed by atoms with Crippen molar-refractivity contribution in [3.8, 4) is 0 Å². The summed E-state index contributed by atoms with van der Waals surface area (Å²) in [5.41, 5.74) is 5.68. The van der Waals surface area contributed by atoms with Crippen molar-refractivity contribution < 1.29 is 14.4 Å². The summed E-state index contributed by atoms with van der Waals surface area (Å²) in [6.07, 6.45) is 26.5. The molecule has 55 heavy (non-hydrogen) atoms. The van der Waals surface area contributed by atoms with E-state index in [-0.39, 0.29) is 23.6 Å². The molecule has 0 aromatic heterocycles. The Morgan fingerprint density at radius 3 is 0.800 bits per heavy atom. The van der Waals surface area contributed by atoms with Gasteiger partial charge in [-0.3, -0.25) is 14.4 Å². The first-order valence-electron chi connectivity index (χ1n) is 22.1. The fraction of sp³-hybridized carbons (Fsp3) is 0.571. The van der Waals surface area contributed by atoms with Gasteiger partial charge in [-0.05, 0) is 72.4 Å². The molecule has 3 aromatic carbocycles. The van der Waals surface area contributed by atoms with Crippen molar-refractivity contribution in [1.82, 2.24) is 0 Å². The third kappa shape index (κ3) is 19.5. The lowest BCUT2D eigenvalue weighted by Crippen LogP contribution is -2.12. The molecule has 3 N–H and O–H groups in total. The Bertz CT molecular complexity index is 1290. The molecule has 0 spiro atoms. The minimum atomic E-state index is -0.0765. The molecule has 0 aliphatic carbocycles. The van der Waals surface area contributed by atoms with E-state index in [0.717, 1.165) is 72.3 Å². The molecule has 0 aliphatic rings. The lowest BCUT2D eigenvalue weighted by atomic mass is 9.85. The lowest BCUT2D eigenvalue weighted by Gasteiger charge is -2.20. The quantitative estimate of drug-likeness (QED) is 0.0468. The van der Waals surface area contributed by atoms with Gasteiger partial charge in [0.25, 0.3) is 0 Å². The van der Waals surface area contributed by atoms with Crippen LogP contribution in [0, 0.1) is 0 Å². The van der Waals surface area contributed by atoms with E-state index < -0.39 is 0 Å². The van der Waals surface area contributed by atoms with Gasteiger partial charge in [0.2, 0.25) is 17.7 Å². The number of carbonyl (C=O) groups excluding carboxylic acids is 3. The number of hydrogen-bond acceptors (Lipinski definition) is 3. The maximum atomic E-state index is 12.7. The number of benzene rings is 3. The number of anilines is 3. The molecule has 0 radical (unpaired) electrons. The molecule has 6 heteroatoms. The highest BCUT2D eigenvalue weighted by Gasteiger charge is 2.18. The molecule has 0 heterocycles. The zero-order valence-electron chi connectivity index (χ0n) is 34.7. The van der Waals surface area contributed by atoms with Gasteiger partial charge in [-0.15, -0.1) is 0 Å². The molecule has 0 saturated heterocycles. The summed E-state index contributed by atoms with van der Waals surface area (Å²) in [7, 11) is 0. The Morgan fingerprint density at radius 2 is 0.564 bits per heavy atom. The van der Waals surface area contributed by atoms with Crippen molar-refractivity contribution in [3.63, 3.8) is 0 Å². The van der Waals surface area contributed by atoms with E-state index in [1.807, 2.05) is 36.4 Å². The fourth-order valence-corrected chi connectivity index (χ4v) is 7.25. The molecule has 0 unspecified atom stereocenters. The van der Waals surface area contributed by atoms with Crippen LogP contribution in [0.15, 0.2) is 72.8 Å². The molecular weight excluding hydrogens is 679 g/mol. The largest absolute Gasteiger partial charge is 0.326 e. The summed E-state index contributed by atoms with van der Waals surface area (Å²) >= 11 is 0. The zero-order valence-corrected chi connectivity index (χ0v) is 34.7. The van der Waals surface area contributed by atoms with Gasteiger partial charge in [-0.2, -0.15) is 0 Å². The van der Waals surface area contributed by atoms with Gasteiger partial charge in [-0.25, -0.2) is 0 Å². The Hall–Kier alpha value is -3.93. The van der Waals surface area contributed by atoms with Gasteiger partial charge in [0, 0.05) is 42.2 Å². The summed E-state index contributed by atoms with van der Waals surface area (Å²) in [6, 6.07) is 24.5. The minimum Gasteiger partial charge on any atom is -0.326 e. The zero-order chi connectivity index (χ0) is 39.4. The average Bonchev–Trinajstić information content (AvgIpc) is 3.19. The second-order valence-corrected chi connectivity index (χ2v) is 15.6. The highest BCUT2D eigenvalue weighted by atomic mass is 16.2. The molecule has 6 nitrogen and oxygen atoms in total. The molecular formula is C49H73N3O3.